The van der Waals surface area contributed by atoms with Gasteiger partial charge < -0.3 is 14.7 Å². The number of aliphatic hydroxyl groups is 1. The summed E-state index contributed by atoms with van der Waals surface area (Å²) in [6, 6.07) is 14.6. The van der Waals surface area contributed by atoms with E-state index in [1.54, 1.807) is 12.1 Å². The molecule has 1 atom stereocenters. The highest BCUT2D eigenvalue weighted by molar-refractivity contribution is 6.52. The first-order valence-electron chi connectivity index (χ1n) is 11.7. The fourth-order valence-electron chi connectivity index (χ4n) is 4.95. The first kappa shape index (κ1) is 25.1. The summed E-state index contributed by atoms with van der Waals surface area (Å²) in [7, 11) is 1.36. The van der Waals surface area contributed by atoms with Crippen molar-refractivity contribution in [2.45, 2.75) is 18.9 Å². The van der Waals surface area contributed by atoms with Crippen molar-refractivity contribution in [3.63, 3.8) is 0 Å². The molecular weight excluding hydrogens is 518 g/mol. The minimum absolute atomic E-state index is 0.0643. The molecule has 6 nitrogen and oxygen atoms in total. The monoisotopic (exact) mass is 540 g/mol. The van der Waals surface area contributed by atoms with E-state index in [0.717, 1.165) is 31.6 Å². The zero-order chi connectivity index (χ0) is 26.3. The van der Waals surface area contributed by atoms with E-state index in [2.05, 4.69) is 4.90 Å². The quantitative estimate of drug-likeness (QED) is 0.231. The Hall–Kier alpha value is -3.55. The highest BCUT2D eigenvalue weighted by atomic mass is 35.5. The van der Waals surface area contributed by atoms with Crippen LogP contribution in [0.1, 0.15) is 30.0 Å². The Balaban J connectivity index is 1.67. The number of hydrogen-bond acceptors (Lipinski definition) is 5. The van der Waals surface area contributed by atoms with Gasteiger partial charge >= 0.3 is 0 Å². The number of benzene rings is 3. The number of halogens is 3. The highest BCUT2D eigenvalue weighted by Gasteiger charge is 2.47. The van der Waals surface area contributed by atoms with Crippen LogP contribution in [0.5, 0.6) is 5.75 Å². The van der Waals surface area contributed by atoms with Gasteiger partial charge in [0.2, 0.25) is 0 Å². The Kier molecular flexibility index (Phi) is 6.84. The molecular formula is C28H23Cl2FN2O4. The Bertz CT molecular complexity index is 1400. The number of Topliss-reactive ketones (excluding diaryl/α,β-unsaturated/α-hetero) is 1. The molecule has 0 spiro atoms. The minimum Gasteiger partial charge on any atom is -0.507 e. The third-order valence-electron chi connectivity index (χ3n) is 6.70. The summed E-state index contributed by atoms with van der Waals surface area (Å²) in [6.07, 6.45) is 2.25. The number of ether oxygens (including phenoxy) is 1. The lowest BCUT2D eigenvalue weighted by atomic mass is 9.94. The van der Waals surface area contributed by atoms with Gasteiger partial charge in [-0.05, 0) is 66.9 Å². The van der Waals surface area contributed by atoms with Crippen LogP contribution in [-0.4, -0.2) is 37.0 Å². The standard InChI is InChI=1S/C28H23Cl2FN2O4/c1-37-27-21(14-17(29)15-22(27)30)25(34)23-24(16-4-6-18(31)7-5-16)33(28(36)26(23)35)20-10-8-19(9-11-20)32-12-2-3-13-32/h4-11,14-15,24,34H,2-3,12-13H2,1H3/b25-23+. The second-order valence-electron chi connectivity index (χ2n) is 8.90. The van der Waals surface area contributed by atoms with E-state index >= 15 is 0 Å². The van der Waals surface area contributed by atoms with Crippen LogP contribution in [0, 0.1) is 5.82 Å². The summed E-state index contributed by atoms with van der Waals surface area (Å²) in [5.74, 6) is -2.59. The molecule has 9 heteroatoms. The van der Waals surface area contributed by atoms with Crippen LogP contribution in [0.2, 0.25) is 10.0 Å². The largest absolute Gasteiger partial charge is 0.507 e. The van der Waals surface area contributed by atoms with Crippen LogP contribution in [-0.2, 0) is 9.59 Å². The number of carbonyl (C=O) groups is 2. The molecule has 2 aliphatic heterocycles. The van der Waals surface area contributed by atoms with Gasteiger partial charge in [-0.25, -0.2) is 4.39 Å². The molecule has 0 radical (unpaired) electrons. The molecule has 2 heterocycles. The van der Waals surface area contributed by atoms with Crippen LogP contribution >= 0.6 is 23.2 Å². The van der Waals surface area contributed by atoms with Crippen molar-refractivity contribution in [3.8, 4) is 5.75 Å². The van der Waals surface area contributed by atoms with Crippen molar-refractivity contribution in [1.82, 2.24) is 0 Å². The Morgan fingerprint density at radius 2 is 1.59 bits per heavy atom. The van der Waals surface area contributed by atoms with Gasteiger partial charge in [0, 0.05) is 29.5 Å². The van der Waals surface area contributed by atoms with Gasteiger partial charge in [0.05, 0.1) is 29.3 Å². The smallest absolute Gasteiger partial charge is 0.300 e. The lowest BCUT2D eigenvalue weighted by molar-refractivity contribution is -0.132. The van der Waals surface area contributed by atoms with E-state index in [1.807, 2.05) is 12.1 Å². The highest BCUT2D eigenvalue weighted by Crippen LogP contribution is 2.45. The molecule has 37 heavy (non-hydrogen) atoms. The number of anilines is 2. The number of hydrogen-bond donors (Lipinski definition) is 1. The minimum atomic E-state index is -1.03. The van der Waals surface area contributed by atoms with Gasteiger partial charge in [-0.3, -0.25) is 14.5 Å². The third-order valence-corrected chi connectivity index (χ3v) is 7.20. The number of nitrogens with zero attached hydrogens (tertiary/aromatic N) is 2. The number of ketones is 1. The first-order valence-corrected chi connectivity index (χ1v) is 12.5. The first-order chi connectivity index (χ1) is 17.8. The van der Waals surface area contributed by atoms with Crippen LogP contribution < -0.4 is 14.5 Å². The van der Waals surface area contributed by atoms with E-state index in [4.69, 9.17) is 27.9 Å². The zero-order valence-electron chi connectivity index (χ0n) is 19.9. The fraction of sp³-hybridized carbons (Fsp3) is 0.214. The molecule has 2 aliphatic rings. The van der Waals surface area contributed by atoms with E-state index in [-0.39, 0.29) is 26.9 Å². The van der Waals surface area contributed by atoms with Crippen molar-refractivity contribution in [1.29, 1.82) is 0 Å². The molecule has 0 bridgehead atoms. The van der Waals surface area contributed by atoms with Crippen LogP contribution in [0.3, 0.4) is 0 Å². The second kappa shape index (κ2) is 10.1. The molecule has 1 unspecified atom stereocenters. The molecule has 5 rings (SSSR count). The maximum atomic E-state index is 13.8. The number of carbonyl (C=O) groups excluding carboxylic acids is 2. The van der Waals surface area contributed by atoms with Crippen LogP contribution in [0.15, 0.2) is 66.2 Å². The van der Waals surface area contributed by atoms with Crippen molar-refractivity contribution >= 4 is 52.0 Å². The number of amides is 1. The predicted octanol–water partition coefficient (Wildman–Crippen LogP) is 6.37. The molecule has 3 aromatic rings. The van der Waals surface area contributed by atoms with Crippen molar-refractivity contribution in [2.24, 2.45) is 0 Å². The van der Waals surface area contributed by atoms with Gasteiger partial charge in [-0.15, -0.1) is 0 Å². The Morgan fingerprint density at radius 1 is 0.973 bits per heavy atom. The Morgan fingerprint density at radius 3 is 2.22 bits per heavy atom. The molecule has 0 aromatic heterocycles. The molecule has 1 amide bonds. The average molecular weight is 541 g/mol. The predicted molar refractivity (Wildman–Crippen MR) is 142 cm³/mol. The summed E-state index contributed by atoms with van der Waals surface area (Å²) in [4.78, 5) is 30.4. The molecule has 2 fully saturated rings. The average Bonchev–Trinajstić information content (AvgIpc) is 3.51. The molecule has 1 N–H and O–H groups in total. The second-order valence-corrected chi connectivity index (χ2v) is 9.74. The van der Waals surface area contributed by atoms with E-state index in [9.17, 15) is 19.1 Å². The van der Waals surface area contributed by atoms with Crippen LogP contribution in [0.25, 0.3) is 5.76 Å². The maximum Gasteiger partial charge on any atom is 0.300 e. The molecule has 2 saturated heterocycles. The SMILES string of the molecule is COc1c(Cl)cc(Cl)cc1/C(O)=C1\C(=O)C(=O)N(c2ccc(N3CCCC3)cc2)C1c1ccc(F)cc1. The van der Waals surface area contributed by atoms with Crippen molar-refractivity contribution in [2.75, 3.05) is 30.0 Å². The summed E-state index contributed by atoms with van der Waals surface area (Å²) in [6.45, 7) is 1.92. The van der Waals surface area contributed by atoms with Gasteiger partial charge in [0.1, 0.15) is 17.3 Å². The van der Waals surface area contributed by atoms with Gasteiger partial charge in [0.15, 0.2) is 0 Å². The Labute approximate surface area is 223 Å². The van der Waals surface area contributed by atoms with Gasteiger partial charge in [-0.1, -0.05) is 35.3 Å². The normalized spacial score (nSPS) is 19.1. The lowest BCUT2D eigenvalue weighted by Gasteiger charge is -2.26. The van der Waals surface area contributed by atoms with Crippen molar-refractivity contribution < 1.29 is 23.8 Å². The number of aliphatic hydroxyl groups excluding tert-OH is 1. The summed E-state index contributed by atoms with van der Waals surface area (Å²) in [5, 5.41) is 11.7. The summed E-state index contributed by atoms with van der Waals surface area (Å²) < 4.78 is 19.1. The summed E-state index contributed by atoms with van der Waals surface area (Å²) >= 11 is 12.4. The molecule has 0 saturated carbocycles. The summed E-state index contributed by atoms with van der Waals surface area (Å²) in [5.41, 5.74) is 1.81. The van der Waals surface area contributed by atoms with Crippen LogP contribution in [0.4, 0.5) is 15.8 Å². The molecule has 0 aliphatic carbocycles. The van der Waals surface area contributed by atoms with Gasteiger partial charge in [-0.2, -0.15) is 0 Å². The van der Waals surface area contributed by atoms with E-state index in [1.165, 1.54) is 48.4 Å². The molecule has 3 aromatic carbocycles. The maximum absolute atomic E-state index is 13.8. The topological polar surface area (TPSA) is 70.1 Å². The fourth-order valence-corrected chi connectivity index (χ4v) is 5.52. The number of methoxy groups -OCH3 is 1. The van der Waals surface area contributed by atoms with Crippen molar-refractivity contribution in [3.05, 3.63) is 93.2 Å². The molecule has 190 valence electrons. The number of rotatable bonds is 5. The van der Waals surface area contributed by atoms with E-state index < -0.39 is 29.3 Å². The van der Waals surface area contributed by atoms with E-state index in [0.29, 0.717) is 11.3 Å². The third kappa shape index (κ3) is 4.54. The lowest BCUT2D eigenvalue weighted by Crippen LogP contribution is -2.29. The van der Waals surface area contributed by atoms with Gasteiger partial charge in [0.25, 0.3) is 11.7 Å². The zero-order valence-corrected chi connectivity index (χ0v) is 21.4.